The minimum absolute atomic E-state index is 0.0251. The van der Waals surface area contributed by atoms with E-state index < -0.39 is 5.82 Å². The molecule has 0 aliphatic rings. The molecule has 0 bridgehead atoms. The summed E-state index contributed by atoms with van der Waals surface area (Å²) >= 11 is 7.66. The van der Waals surface area contributed by atoms with Gasteiger partial charge >= 0.3 is 0 Å². The minimum Gasteiger partial charge on any atom is -0.490 e. The van der Waals surface area contributed by atoms with E-state index in [1.807, 2.05) is 32.2 Å². The van der Waals surface area contributed by atoms with Gasteiger partial charge in [-0.3, -0.25) is 0 Å². The molecule has 7 nitrogen and oxygen atoms in total. The van der Waals surface area contributed by atoms with Gasteiger partial charge in [-0.05, 0) is 47.2 Å². The highest BCUT2D eigenvalue weighted by Crippen LogP contribution is 2.30. The standard InChI is InChI=1S/C20H23ClFN5O2S/c1-3-28-19-11-14(12-23-9-10-30-20-24-25-26-27(20)2)7-8-18(19)29-13-15-16(21)5-4-6-17(15)22/h4-8,11,23H,3,9-10,12-13H2,1-2H3. The molecule has 0 unspecified atom stereocenters. The van der Waals surface area contributed by atoms with Crippen molar-refractivity contribution in [1.29, 1.82) is 0 Å². The topological polar surface area (TPSA) is 74.1 Å². The Balaban J connectivity index is 1.54. The third-order valence-electron chi connectivity index (χ3n) is 4.16. The summed E-state index contributed by atoms with van der Waals surface area (Å²) in [6.07, 6.45) is 0. The molecule has 0 saturated carbocycles. The summed E-state index contributed by atoms with van der Waals surface area (Å²) in [5.41, 5.74) is 1.38. The van der Waals surface area contributed by atoms with Crippen LogP contribution in [0.15, 0.2) is 41.6 Å². The van der Waals surface area contributed by atoms with E-state index in [2.05, 4.69) is 20.8 Å². The van der Waals surface area contributed by atoms with Crippen molar-refractivity contribution in [3.63, 3.8) is 0 Å². The van der Waals surface area contributed by atoms with Gasteiger partial charge in [0.15, 0.2) is 11.5 Å². The van der Waals surface area contributed by atoms with Crippen molar-refractivity contribution in [2.45, 2.75) is 25.2 Å². The molecule has 10 heteroatoms. The van der Waals surface area contributed by atoms with Crippen LogP contribution in [0.25, 0.3) is 0 Å². The van der Waals surface area contributed by atoms with Crippen LogP contribution in [0.4, 0.5) is 4.39 Å². The average molecular weight is 452 g/mol. The number of nitrogens with one attached hydrogen (secondary N) is 1. The van der Waals surface area contributed by atoms with Crippen LogP contribution in [-0.2, 0) is 20.2 Å². The highest BCUT2D eigenvalue weighted by atomic mass is 35.5. The zero-order valence-corrected chi connectivity index (χ0v) is 18.3. The van der Waals surface area contributed by atoms with Crippen molar-refractivity contribution in [2.24, 2.45) is 7.05 Å². The molecular formula is C20H23ClFN5O2S. The van der Waals surface area contributed by atoms with E-state index in [1.54, 1.807) is 28.6 Å². The number of nitrogens with zero attached hydrogens (tertiary/aromatic N) is 4. The van der Waals surface area contributed by atoms with Crippen molar-refractivity contribution in [3.8, 4) is 11.5 Å². The van der Waals surface area contributed by atoms with Crippen LogP contribution in [0.3, 0.4) is 0 Å². The molecular weight excluding hydrogens is 429 g/mol. The number of thioether (sulfide) groups is 1. The van der Waals surface area contributed by atoms with Gasteiger partial charge in [0.1, 0.15) is 12.4 Å². The third kappa shape index (κ3) is 6.07. The summed E-state index contributed by atoms with van der Waals surface area (Å²) in [7, 11) is 1.81. The second-order valence-corrected chi connectivity index (χ2v) is 7.78. The fraction of sp³-hybridized carbons (Fsp3) is 0.350. The van der Waals surface area contributed by atoms with Gasteiger partial charge in [0.05, 0.1) is 11.6 Å². The Hall–Kier alpha value is -2.36. The molecule has 0 fully saturated rings. The number of hydrogen-bond acceptors (Lipinski definition) is 7. The van der Waals surface area contributed by atoms with Crippen molar-refractivity contribution in [1.82, 2.24) is 25.5 Å². The van der Waals surface area contributed by atoms with E-state index in [0.717, 1.165) is 23.0 Å². The molecule has 3 rings (SSSR count). The number of tetrazole rings is 1. The van der Waals surface area contributed by atoms with E-state index in [9.17, 15) is 4.39 Å². The molecule has 1 aromatic heterocycles. The Morgan fingerprint density at radius 2 is 2.07 bits per heavy atom. The lowest BCUT2D eigenvalue weighted by Gasteiger charge is -2.14. The summed E-state index contributed by atoms with van der Waals surface area (Å²) in [4.78, 5) is 0. The summed E-state index contributed by atoms with van der Waals surface area (Å²) in [6.45, 7) is 3.90. The van der Waals surface area contributed by atoms with Crippen molar-refractivity contribution >= 4 is 23.4 Å². The smallest absolute Gasteiger partial charge is 0.209 e. The Kier molecular flexibility index (Phi) is 8.30. The zero-order chi connectivity index (χ0) is 21.3. The average Bonchev–Trinajstić information content (AvgIpc) is 3.13. The van der Waals surface area contributed by atoms with Crippen molar-refractivity contribution in [2.75, 3.05) is 18.9 Å². The van der Waals surface area contributed by atoms with Crippen LogP contribution < -0.4 is 14.8 Å². The molecule has 160 valence electrons. The number of rotatable bonds is 11. The second kappa shape index (κ2) is 11.1. The molecule has 0 radical (unpaired) electrons. The number of benzene rings is 2. The first kappa shape index (κ1) is 22.3. The van der Waals surface area contributed by atoms with Gasteiger partial charge in [-0.15, -0.1) is 5.10 Å². The van der Waals surface area contributed by atoms with Gasteiger partial charge in [-0.1, -0.05) is 35.5 Å². The molecule has 3 aromatic rings. The highest BCUT2D eigenvalue weighted by molar-refractivity contribution is 7.99. The van der Waals surface area contributed by atoms with Gasteiger partial charge in [-0.2, -0.15) is 0 Å². The molecule has 1 heterocycles. The quantitative estimate of drug-likeness (QED) is 0.350. The first-order chi connectivity index (χ1) is 14.6. The van der Waals surface area contributed by atoms with Crippen molar-refractivity contribution < 1.29 is 13.9 Å². The Morgan fingerprint density at radius 3 is 2.80 bits per heavy atom. The molecule has 0 spiro atoms. The van der Waals surface area contributed by atoms with E-state index in [1.165, 1.54) is 6.07 Å². The maximum absolute atomic E-state index is 14.0. The zero-order valence-electron chi connectivity index (χ0n) is 16.8. The molecule has 30 heavy (non-hydrogen) atoms. The van der Waals surface area contributed by atoms with E-state index in [-0.39, 0.29) is 6.61 Å². The van der Waals surface area contributed by atoms with E-state index >= 15 is 0 Å². The van der Waals surface area contributed by atoms with Crippen molar-refractivity contribution in [3.05, 3.63) is 58.4 Å². The lowest BCUT2D eigenvalue weighted by Crippen LogP contribution is -2.17. The van der Waals surface area contributed by atoms with Crippen LogP contribution in [0.1, 0.15) is 18.1 Å². The van der Waals surface area contributed by atoms with Crippen LogP contribution in [0.2, 0.25) is 5.02 Å². The first-order valence-electron chi connectivity index (χ1n) is 9.45. The molecule has 0 saturated heterocycles. The summed E-state index contributed by atoms with van der Waals surface area (Å²) in [5.74, 6) is 1.61. The number of halogens is 2. The molecule has 0 atom stereocenters. The molecule has 2 aromatic carbocycles. The predicted octanol–water partition coefficient (Wildman–Crippen LogP) is 3.86. The normalized spacial score (nSPS) is 10.9. The maximum atomic E-state index is 14.0. The monoisotopic (exact) mass is 451 g/mol. The van der Waals surface area contributed by atoms with Crippen LogP contribution >= 0.6 is 23.4 Å². The first-order valence-corrected chi connectivity index (χ1v) is 10.8. The lowest BCUT2D eigenvalue weighted by atomic mass is 10.2. The number of aromatic nitrogens is 4. The minimum atomic E-state index is -0.392. The van der Waals surface area contributed by atoms with Crippen LogP contribution in [0, 0.1) is 5.82 Å². The fourth-order valence-corrected chi connectivity index (χ4v) is 3.62. The van der Waals surface area contributed by atoms with Crippen LogP contribution in [-0.4, -0.2) is 39.1 Å². The van der Waals surface area contributed by atoms with Crippen LogP contribution in [0.5, 0.6) is 11.5 Å². The highest BCUT2D eigenvalue weighted by Gasteiger charge is 2.11. The fourth-order valence-electron chi connectivity index (χ4n) is 2.66. The summed E-state index contributed by atoms with van der Waals surface area (Å²) in [5, 5.41) is 15.9. The maximum Gasteiger partial charge on any atom is 0.209 e. The lowest BCUT2D eigenvalue weighted by molar-refractivity contribution is 0.265. The number of aryl methyl sites for hydroxylation is 1. The number of ether oxygens (including phenoxy) is 2. The van der Waals surface area contributed by atoms with Gasteiger partial charge in [-0.25, -0.2) is 9.07 Å². The van der Waals surface area contributed by atoms with Gasteiger partial charge in [0, 0.05) is 31.5 Å². The summed E-state index contributed by atoms with van der Waals surface area (Å²) in [6, 6.07) is 10.3. The largest absolute Gasteiger partial charge is 0.490 e. The van der Waals surface area contributed by atoms with Gasteiger partial charge in [0.2, 0.25) is 5.16 Å². The van der Waals surface area contributed by atoms with E-state index in [0.29, 0.717) is 35.2 Å². The second-order valence-electron chi connectivity index (χ2n) is 6.31. The third-order valence-corrected chi connectivity index (χ3v) is 5.53. The van der Waals surface area contributed by atoms with E-state index in [4.69, 9.17) is 21.1 Å². The Labute approximate surface area is 183 Å². The SMILES string of the molecule is CCOc1cc(CNCCSc2nnnn2C)ccc1OCc1c(F)cccc1Cl. The van der Waals surface area contributed by atoms with Gasteiger partial charge < -0.3 is 14.8 Å². The molecule has 1 N–H and O–H groups in total. The Morgan fingerprint density at radius 1 is 1.20 bits per heavy atom. The number of hydrogen-bond donors (Lipinski definition) is 1. The molecule has 0 aliphatic carbocycles. The predicted molar refractivity (Wildman–Crippen MR) is 115 cm³/mol. The Bertz CT molecular complexity index is 952. The summed E-state index contributed by atoms with van der Waals surface area (Å²) < 4.78 is 27.1. The molecule has 0 aliphatic heterocycles. The molecule has 0 amide bonds. The van der Waals surface area contributed by atoms with Gasteiger partial charge in [0.25, 0.3) is 0 Å².